The van der Waals surface area contributed by atoms with Crippen molar-refractivity contribution in [3.05, 3.63) is 34.7 Å². The molecule has 1 aromatic heterocycles. The van der Waals surface area contributed by atoms with Crippen molar-refractivity contribution in [1.29, 1.82) is 0 Å². The second-order valence-corrected chi connectivity index (χ2v) is 3.59. The van der Waals surface area contributed by atoms with Crippen molar-refractivity contribution in [2.75, 3.05) is 0 Å². The van der Waals surface area contributed by atoms with E-state index in [-0.39, 0.29) is 0 Å². The lowest BCUT2D eigenvalue weighted by atomic mass is 10.2. The minimum Gasteiger partial charge on any atom is -0.204 e. The first-order valence-electron chi connectivity index (χ1n) is 3.51. The molecular weight excluding hydrogens is 178 g/mol. The van der Waals surface area contributed by atoms with Crippen molar-refractivity contribution < 1.29 is 8.78 Å². The highest BCUT2D eigenvalue weighted by Gasteiger charge is 2.06. The van der Waals surface area contributed by atoms with Crippen LogP contribution in [0.25, 0.3) is 10.1 Å². The first kappa shape index (κ1) is 7.68. The summed E-state index contributed by atoms with van der Waals surface area (Å²) in [5.41, 5.74) is 0.994. The van der Waals surface area contributed by atoms with Crippen molar-refractivity contribution >= 4 is 21.4 Å². The monoisotopic (exact) mass is 184 g/mol. The Kier molecular flexibility index (Phi) is 1.61. The van der Waals surface area contributed by atoms with Gasteiger partial charge in [-0.3, -0.25) is 0 Å². The molecular formula is C9H6F2S. The average molecular weight is 184 g/mol. The Morgan fingerprint density at radius 3 is 2.58 bits per heavy atom. The fourth-order valence-electron chi connectivity index (χ4n) is 1.15. The number of thiophene rings is 1. The molecule has 0 saturated carbocycles. The Bertz CT molecular complexity index is 431. The van der Waals surface area contributed by atoms with Gasteiger partial charge in [0.15, 0.2) is 11.6 Å². The van der Waals surface area contributed by atoms with Crippen LogP contribution in [0.15, 0.2) is 17.5 Å². The molecule has 2 aromatic rings. The fourth-order valence-corrected chi connectivity index (χ4v) is 2.10. The molecule has 0 atom stereocenters. The molecule has 0 spiro atoms. The third kappa shape index (κ3) is 1.01. The maximum absolute atomic E-state index is 12.7. The number of aryl methyl sites for hydroxylation is 1. The molecule has 3 heteroatoms. The van der Waals surface area contributed by atoms with Crippen LogP contribution < -0.4 is 0 Å². The van der Waals surface area contributed by atoms with Crippen LogP contribution in [0.1, 0.15) is 5.56 Å². The number of benzene rings is 1. The van der Waals surface area contributed by atoms with Gasteiger partial charge in [0.2, 0.25) is 0 Å². The Morgan fingerprint density at radius 1 is 1.17 bits per heavy atom. The second kappa shape index (κ2) is 2.52. The molecule has 12 heavy (non-hydrogen) atoms. The van der Waals surface area contributed by atoms with Crippen molar-refractivity contribution in [2.24, 2.45) is 0 Å². The van der Waals surface area contributed by atoms with Crippen LogP contribution in [0, 0.1) is 18.6 Å². The van der Waals surface area contributed by atoms with Crippen molar-refractivity contribution in [1.82, 2.24) is 0 Å². The summed E-state index contributed by atoms with van der Waals surface area (Å²) in [6.45, 7) is 1.89. The van der Waals surface area contributed by atoms with Gasteiger partial charge in [0.05, 0.1) is 0 Å². The van der Waals surface area contributed by atoms with Gasteiger partial charge in [-0.15, -0.1) is 11.3 Å². The summed E-state index contributed by atoms with van der Waals surface area (Å²) in [5, 5.41) is 2.70. The van der Waals surface area contributed by atoms with Gasteiger partial charge in [0, 0.05) is 4.70 Å². The number of hydrogen-bond donors (Lipinski definition) is 0. The molecule has 0 unspecified atom stereocenters. The van der Waals surface area contributed by atoms with E-state index in [1.807, 2.05) is 12.3 Å². The summed E-state index contributed by atoms with van der Waals surface area (Å²) in [7, 11) is 0. The van der Waals surface area contributed by atoms with Gasteiger partial charge in [0.25, 0.3) is 0 Å². The molecule has 0 nitrogen and oxygen atoms in total. The molecule has 0 saturated heterocycles. The predicted molar refractivity (Wildman–Crippen MR) is 46.5 cm³/mol. The molecule has 2 rings (SSSR count). The van der Waals surface area contributed by atoms with E-state index >= 15 is 0 Å². The van der Waals surface area contributed by atoms with Crippen LogP contribution in [0.2, 0.25) is 0 Å². The minimum absolute atomic E-state index is 0.774. The summed E-state index contributed by atoms with van der Waals surface area (Å²) < 4.78 is 26.2. The smallest absolute Gasteiger partial charge is 0.160 e. The highest BCUT2D eigenvalue weighted by molar-refractivity contribution is 7.17. The highest BCUT2D eigenvalue weighted by Crippen LogP contribution is 2.27. The van der Waals surface area contributed by atoms with E-state index < -0.39 is 11.6 Å². The minimum atomic E-state index is -0.774. The van der Waals surface area contributed by atoms with Crippen molar-refractivity contribution in [3.63, 3.8) is 0 Å². The van der Waals surface area contributed by atoms with Gasteiger partial charge >= 0.3 is 0 Å². The molecule has 1 aromatic carbocycles. The van der Waals surface area contributed by atoms with E-state index in [0.717, 1.165) is 15.6 Å². The van der Waals surface area contributed by atoms with E-state index in [9.17, 15) is 8.78 Å². The zero-order chi connectivity index (χ0) is 8.72. The van der Waals surface area contributed by atoms with Gasteiger partial charge in [-0.05, 0) is 35.4 Å². The molecule has 0 aliphatic rings. The van der Waals surface area contributed by atoms with Crippen molar-refractivity contribution in [3.8, 4) is 0 Å². The third-order valence-electron chi connectivity index (χ3n) is 1.81. The molecule has 0 amide bonds. The van der Waals surface area contributed by atoms with Crippen LogP contribution in [-0.2, 0) is 0 Å². The highest BCUT2D eigenvalue weighted by atomic mass is 32.1. The van der Waals surface area contributed by atoms with E-state index in [2.05, 4.69) is 0 Å². The van der Waals surface area contributed by atoms with Gasteiger partial charge in [-0.25, -0.2) is 8.78 Å². The Labute approximate surface area is 72.4 Å². The topological polar surface area (TPSA) is 0 Å². The SMILES string of the molecule is Cc1csc2cc(F)c(F)cc12. The predicted octanol–water partition coefficient (Wildman–Crippen LogP) is 3.49. The Hall–Kier alpha value is -0.960. The number of fused-ring (bicyclic) bond motifs is 1. The van der Waals surface area contributed by atoms with Crippen molar-refractivity contribution in [2.45, 2.75) is 6.92 Å². The molecule has 0 aliphatic heterocycles. The number of rotatable bonds is 0. The average Bonchev–Trinajstić information content (AvgIpc) is 2.35. The number of hydrogen-bond acceptors (Lipinski definition) is 1. The molecule has 62 valence electrons. The summed E-state index contributed by atoms with van der Waals surface area (Å²) in [6.07, 6.45) is 0. The summed E-state index contributed by atoms with van der Waals surface area (Å²) in [5.74, 6) is -1.55. The van der Waals surface area contributed by atoms with E-state index in [1.165, 1.54) is 23.5 Å². The van der Waals surface area contributed by atoms with E-state index in [1.54, 1.807) is 0 Å². The van der Waals surface area contributed by atoms with Gasteiger partial charge in [-0.1, -0.05) is 0 Å². The standard InChI is InChI=1S/C9H6F2S/c1-5-4-12-9-3-8(11)7(10)2-6(5)9/h2-4H,1H3. The van der Waals surface area contributed by atoms with Crippen LogP contribution in [0.4, 0.5) is 8.78 Å². The largest absolute Gasteiger partial charge is 0.204 e. The summed E-state index contributed by atoms with van der Waals surface area (Å²) in [4.78, 5) is 0. The lowest BCUT2D eigenvalue weighted by molar-refractivity contribution is 0.511. The summed E-state index contributed by atoms with van der Waals surface area (Å²) in [6, 6.07) is 2.48. The van der Waals surface area contributed by atoms with Gasteiger partial charge in [0.1, 0.15) is 0 Å². The van der Waals surface area contributed by atoms with Crippen LogP contribution in [0.5, 0.6) is 0 Å². The molecule has 0 radical (unpaired) electrons. The summed E-state index contributed by atoms with van der Waals surface area (Å²) >= 11 is 1.43. The molecule has 0 bridgehead atoms. The second-order valence-electron chi connectivity index (χ2n) is 2.68. The lowest BCUT2D eigenvalue weighted by Crippen LogP contribution is -1.81. The Balaban J connectivity index is 2.87. The Morgan fingerprint density at radius 2 is 1.83 bits per heavy atom. The van der Waals surface area contributed by atoms with Gasteiger partial charge < -0.3 is 0 Å². The maximum Gasteiger partial charge on any atom is 0.160 e. The van der Waals surface area contributed by atoms with Crippen LogP contribution in [-0.4, -0.2) is 0 Å². The first-order chi connectivity index (χ1) is 5.68. The lowest BCUT2D eigenvalue weighted by Gasteiger charge is -1.93. The zero-order valence-electron chi connectivity index (χ0n) is 6.40. The molecule has 0 N–H and O–H groups in total. The first-order valence-corrected chi connectivity index (χ1v) is 4.39. The van der Waals surface area contributed by atoms with E-state index in [4.69, 9.17) is 0 Å². The normalized spacial score (nSPS) is 10.9. The fraction of sp³-hybridized carbons (Fsp3) is 0.111. The van der Waals surface area contributed by atoms with Gasteiger partial charge in [-0.2, -0.15) is 0 Å². The number of halogens is 2. The zero-order valence-corrected chi connectivity index (χ0v) is 7.21. The molecule has 0 fully saturated rings. The molecule has 0 aliphatic carbocycles. The third-order valence-corrected chi connectivity index (χ3v) is 2.87. The van der Waals surface area contributed by atoms with Crippen LogP contribution in [0.3, 0.4) is 0 Å². The maximum atomic E-state index is 12.7. The quantitative estimate of drug-likeness (QED) is 0.588. The van der Waals surface area contributed by atoms with E-state index in [0.29, 0.717) is 0 Å². The molecule has 1 heterocycles. The van der Waals surface area contributed by atoms with Crippen LogP contribution >= 0.6 is 11.3 Å².